The average Bonchev–Trinajstić information content (AvgIpc) is 3.16. The zero-order valence-electron chi connectivity index (χ0n) is 15.9. The molecule has 0 atom stereocenters. The van der Waals surface area contributed by atoms with Gasteiger partial charge in [0, 0.05) is 23.3 Å². The molecule has 0 amide bonds. The second-order valence-corrected chi connectivity index (χ2v) is 7.05. The van der Waals surface area contributed by atoms with E-state index in [9.17, 15) is 4.79 Å². The van der Waals surface area contributed by atoms with Crippen LogP contribution in [-0.4, -0.2) is 19.6 Å². The van der Waals surface area contributed by atoms with E-state index in [2.05, 4.69) is 44.8 Å². The lowest BCUT2D eigenvalue weighted by atomic mass is 10.1. The number of rotatable bonds is 7. The van der Waals surface area contributed by atoms with Crippen LogP contribution < -0.4 is 16.2 Å². The molecule has 0 bridgehead atoms. The van der Waals surface area contributed by atoms with Gasteiger partial charge in [-0.2, -0.15) is 9.50 Å². The standard InChI is InChI=1S/C21H21ClN6O/c1-2-14-7-9-16(10-8-14)23-13-17-11-19(29)28-21(25-17)26-20(27-28)24-12-15-5-3-4-6-18(15)22/h3-11,23H,2,12-13H2,1H3,(H2,24,25,26,27). The molecule has 0 fully saturated rings. The monoisotopic (exact) mass is 408 g/mol. The van der Waals surface area contributed by atoms with Gasteiger partial charge in [-0.25, -0.2) is 4.98 Å². The van der Waals surface area contributed by atoms with Crippen LogP contribution in [0.25, 0.3) is 5.78 Å². The number of hydrogen-bond donors (Lipinski definition) is 3. The van der Waals surface area contributed by atoms with Gasteiger partial charge < -0.3 is 10.6 Å². The van der Waals surface area contributed by atoms with E-state index in [1.54, 1.807) is 0 Å². The number of aromatic nitrogens is 4. The number of anilines is 2. The van der Waals surface area contributed by atoms with Crippen molar-refractivity contribution >= 4 is 29.0 Å². The van der Waals surface area contributed by atoms with Gasteiger partial charge in [0.1, 0.15) is 0 Å². The number of fused-ring (bicyclic) bond motifs is 1. The third-order valence-electron chi connectivity index (χ3n) is 4.62. The van der Waals surface area contributed by atoms with Crippen molar-refractivity contribution in [3.63, 3.8) is 0 Å². The third kappa shape index (κ3) is 4.41. The molecule has 2 aromatic carbocycles. The summed E-state index contributed by atoms with van der Waals surface area (Å²) in [5, 5.41) is 10.0. The second-order valence-electron chi connectivity index (χ2n) is 6.64. The number of hydrogen-bond acceptors (Lipinski definition) is 5. The van der Waals surface area contributed by atoms with Crippen molar-refractivity contribution < 1.29 is 0 Å². The van der Waals surface area contributed by atoms with Crippen molar-refractivity contribution in [1.82, 2.24) is 19.6 Å². The number of aryl methyl sites for hydroxylation is 1. The number of nitrogens with one attached hydrogen (secondary N) is 3. The summed E-state index contributed by atoms with van der Waals surface area (Å²) >= 11 is 6.17. The van der Waals surface area contributed by atoms with E-state index in [0.29, 0.717) is 35.5 Å². The molecule has 0 aliphatic carbocycles. The molecule has 0 saturated carbocycles. The first-order valence-corrected chi connectivity index (χ1v) is 9.79. The number of H-pyrrole nitrogens is 1. The predicted molar refractivity (Wildman–Crippen MR) is 116 cm³/mol. The SMILES string of the molecule is CCc1ccc(NCc2cc(=O)n3[nH]c(NCc4ccccc4Cl)nc3n2)cc1. The van der Waals surface area contributed by atoms with Crippen molar-refractivity contribution in [1.29, 1.82) is 0 Å². The van der Waals surface area contributed by atoms with Crippen LogP contribution in [0.5, 0.6) is 0 Å². The van der Waals surface area contributed by atoms with Gasteiger partial charge in [-0.05, 0) is 35.7 Å². The molecule has 0 radical (unpaired) electrons. The second kappa shape index (κ2) is 8.36. The summed E-state index contributed by atoms with van der Waals surface area (Å²) in [5.74, 6) is 0.770. The lowest BCUT2D eigenvalue weighted by Gasteiger charge is -2.06. The number of benzene rings is 2. The van der Waals surface area contributed by atoms with E-state index in [1.807, 2.05) is 36.4 Å². The molecule has 0 saturated heterocycles. The molecule has 3 N–H and O–H groups in total. The van der Waals surface area contributed by atoms with E-state index in [4.69, 9.17) is 11.6 Å². The number of aromatic amines is 1. The summed E-state index contributed by atoms with van der Waals surface area (Å²) in [5.41, 5.74) is 3.61. The van der Waals surface area contributed by atoms with Crippen LogP contribution >= 0.6 is 11.6 Å². The molecular formula is C21H21ClN6O. The molecule has 0 aliphatic heterocycles. The largest absolute Gasteiger partial charge is 0.379 e. The highest BCUT2D eigenvalue weighted by molar-refractivity contribution is 6.31. The maximum atomic E-state index is 12.4. The minimum absolute atomic E-state index is 0.216. The molecule has 2 heterocycles. The van der Waals surface area contributed by atoms with Crippen LogP contribution in [0.4, 0.5) is 11.6 Å². The van der Waals surface area contributed by atoms with Crippen molar-refractivity contribution in [2.75, 3.05) is 10.6 Å². The van der Waals surface area contributed by atoms with Crippen LogP contribution in [0.3, 0.4) is 0 Å². The lowest BCUT2D eigenvalue weighted by molar-refractivity contribution is 0.874. The zero-order valence-corrected chi connectivity index (χ0v) is 16.7. The van der Waals surface area contributed by atoms with Gasteiger partial charge in [0.05, 0.1) is 12.2 Å². The predicted octanol–water partition coefficient (Wildman–Crippen LogP) is 3.86. The average molecular weight is 409 g/mol. The maximum absolute atomic E-state index is 12.4. The van der Waals surface area contributed by atoms with Crippen LogP contribution in [0.15, 0.2) is 59.4 Å². The van der Waals surface area contributed by atoms with E-state index in [-0.39, 0.29) is 5.56 Å². The summed E-state index contributed by atoms with van der Waals surface area (Å²) in [6, 6.07) is 17.3. The Morgan fingerprint density at radius 1 is 1.03 bits per heavy atom. The van der Waals surface area contributed by atoms with Gasteiger partial charge in [-0.3, -0.25) is 9.89 Å². The van der Waals surface area contributed by atoms with Crippen LogP contribution in [0, 0.1) is 0 Å². The molecule has 8 heteroatoms. The summed E-state index contributed by atoms with van der Waals surface area (Å²) in [7, 11) is 0. The number of halogens is 1. The highest BCUT2D eigenvalue weighted by atomic mass is 35.5. The fraction of sp³-hybridized carbons (Fsp3) is 0.190. The maximum Gasteiger partial charge on any atom is 0.274 e. The Balaban J connectivity index is 1.47. The molecule has 29 heavy (non-hydrogen) atoms. The summed E-state index contributed by atoms with van der Waals surface area (Å²) in [6.45, 7) is 3.04. The Morgan fingerprint density at radius 3 is 2.59 bits per heavy atom. The van der Waals surface area contributed by atoms with Gasteiger partial charge >= 0.3 is 0 Å². The molecule has 4 rings (SSSR count). The quantitative estimate of drug-likeness (QED) is 0.432. The van der Waals surface area contributed by atoms with E-state index >= 15 is 0 Å². The molecule has 0 unspecified atom stereocenters. The van der Waals surface area contributed by atoms with Crippen molar-refractivity contribution in [2.45, 2.75) is 26.4 Å². The van der Waals surface area contributed by atoms with Gasteiger partial charge in [-0.1, -0.05) is 48.9 Å². The Kier molecular flexibility index (Phi) is 5.48. The summed E-state index contributed by atoms with van der Waals surface area (Å²) < 4.78 is 1.31. The first-order valence-electron chi connectivity index (χ1n) is 9.41. The molecule has 2 aromatic heterocycles. The number of nitrogens with zero attached hydrogens (tertiary/aromatic N) is 3. The van der Waals surface area contributed by atoms with E-state index in [1.165, 1.54) is 16.1 Å². The van der Waals surface area contributed by atoms with E-state index in [0.717, 1.165) is 17.7 Å². The smallest absolute Gasteiger partial charge is 0.274 e. The van der Waals surface area contributed by atoms with Crippen molar-refractivity contribution in [2.24, 2.45) is 0 Å². The highest BCUT2D eigenvalue weighted by Crippen LogP contribution is 2.16. The third-order valence-corrected chi connectivity index (χ3v) is 4.99. The molecule has 148 valence electrons. The topological polar surface area (TPSA) is 87.1 Å². The van der Waals surface area contributed by atoms with Crippen LogP contribution in [0.2, 0.25) is 5.02 Å². The minimum Gasteiger partial charge on any atom is -0.379 e. The van der Waals surface area contributed by atoms with Gasteiger partial charge in [0.15, 0.2) is 0 Å². The van der Waals surface area contributed by atoms with Gasteiger partial charge in [0.2, 0.25) is 5.95 Å². The fourth-order valence-corrected chi connectivity index (χ4v) is 3.17. The fourth-order valence-electron chi connectivity index (χ4n) is 2.97. The van der Waals surface area contributed by atoms with E-state index < -0.39 is 0 Å². The van der Waals surface area contributed by atoms with Crippen LogP contribution in [0.1, 0.15) is 23.7 Å². The molecule has 4 aromatic rings. The Labute approximate surface area is 172 Å². The normalized spacial score (nSPS) is 11.0. The molecule has 0 spiro atoms. The highest BCUT2D eigenvalue weighted by Gasteiger charge is 2.09. The van der Waals surface area contributed by atoms with Gasteiger partial charge in [0.25, 0.3) is 11.3 Å². The lowest BCUT2D eigenvalue weighted by Crippen LogP contribution is -2.17. The molecule has 0 aliphatic rings. The molecular weight excluding hydrogens is 388 g/mol. The Bertz CT molecular complexity index is 1180. The summed E-state index contributed by atoms with van der Waals surface area (Å²) in [4.78, 5) is 21.3. The van der Waals surface area contributed by atoms with Crippen LogP contribution in [-0.2, 0) is 19.5 Å². The van der Waals surface area contributed by atoms with Gasteiger partial charge in [-0.15, -0.1) is 0 Å². The van der Waals surface area contributed by atoms with Crippen molar-refractivity contribution in [3.8, 4) is 0 Å². The zero-order chi connectivity index (χ0) is 20.2. The minimum atomic E-state index is -0.216. The Morgan fingerprint density at radius 2 is 1.83 bits per heavy atom. The first kappa shape index (κ1) is 19.0. The molecule has 7 nitrogen and oxygen atoms in total. The Hall–Kier alpha value is -3.32. The van der Waals surface area contributed by atoms with Crippen molar-refractivity contribution in [3.05, 3.63) is 86.8 Å². The first-order chi connectivity index (χ1) is 14.1. The summed E-state index contributed by atoms with van der Waals surface area (Å²) in [6.07, 6.45) is 1.00.